The zero-order valence-corrected chi connectivity index (χ0v) is 18.5. The highest BCUT2D eigenvalue weighted by molar-refractivity contribution is 7.19. The molecular formula is C22H14Cl3NO3S. The molecule has 0 bridgehead atoms. The van der Waals surface area contributed by atoms with Gasteiger partial charge in [-0.2, -0.15) is 0 Å². The van der Waals surface area contributed by atoms with Crippen LogP contribution in [-0.2, 0) is 4.74 Å². The van der Waals surface area contributed by atoms with Crippen molar-refractivity contribution in [2.45, 2.75) is 0 Å². The normalized spacial score (nSPS) is 10.9. The van der Waals surface area contributed by atoms with Crippen molar-refractivity contribution in [3.05, 3.63) is 80.6 Å². The van der Waals surface area contributed by atoms with Crippen LogP contribution in [0.1, 0.15) is 10.4 Å². The number of pyridine rings is 1. The summed E-state index contributed by atoms with van der Waals surface area (Å²) < 4.78 is 11.7. The summed E-state index contributed by atoms with van der Waals surface area (Å²) in [6.07, 6.45) is 0. The Morgan fingerprint density at radius 2 is 1.80 bits per heavy atom. The molecule has 152 valence electrons. The fraction of sp³-hybridized carbons (Fsp3) is 0.0909. The van der Waals surface area contributed by atoms with Gasteiger partial charge in [0.05, 0.1) is 31.0 Å². The van der Waals surface area contributed by atoms with Crippen LogP contribution in [0.4, 0.5) is 0 Å². The number of carbonyl (C=O) groups excluding carboxylic acids is 1. The van der Waals surface area contributed by atoms with Gasteiger partial charge in [0.1, 0.15) is 19.0 Å². The standard InChI is InChI=1S/C22H14Cl3NO3S/c23-13-5-6-19(16(24)11-13)28-9-10-29-22(27)15-12-18(20-7-8-21(25)30-20)26-17-4-2-1-3-14(15)17/h1-8,11-12H,9-10H2. The number of aromatic nitrogens is 1. The number of ether oxygens (including phenoxy) is 2. The van der Waals surface area contributed by atoms with Gasteiger partial charge in [-0.25, -0.2) is 9.78 Å². The minimum atomic E-state index is -0.455. The summed E-state index contributed by atoms with van der Waals surface area (Å²) in [7, 11) is 0. The molecule has 0 atom stereocenters. The molecule has 0 saturated carbocycles. The number of hydrogen-bond donors (Lipinski definition) is 0. The van der Waals surface area contributed by atoms with Crippen molar-refractivity contribution in [1.82, 2.24) is 4.98 Å². The second-order valence-corrected chi connectivity index (χ2v) is 8.79. The van der Waals surface area contributed by atoms with E-state index >= 15 is 0 Å². The maximum Gasteiger partial charge on any atom is 0.339 e. The molecule has 4 rings (SSSR count). The van der Waals surface area contributed by atoms with E-state index in [1.807, 2.05) is 30.3 Å². The van der Waals surface area contributed by atoms with Gasteiger partial charge in [-0.05, 0) is 42.5 Å². The van der Waals surface area contributed by atoms with Crippen molar-refractivity contribution in [3.63, 3.8) is 0 Å². The van der Waals surface area contributed by atoms with Crippen LogP contribution in [0.25, 0.3) is 21.5 Å². The summed E-state index contributed by atoms with van der Waals surface area (Å²) in [6, 6.07) is 17.8. The summed E-state index contributed by atoms with van der Waals surface area (Å²) in [5.41, 5.74) is 1.81. The Morgan fingerprint density at radius 1 is 0.967 bits per heavy atom. The summed E-state index contributed by atoms with van der Waals surface area (Å²) in [4.78, 5) is 18.3. The van der Waals surface area contributed by atoms with E-state index in [4.69, 9.17) is 44.3 Å². The predicted octanol–water partition coefficient (Wildman–Crippen LogP) is 7.16. The van der Waals surface area contributed by atoms with E-state index < -0.39 is 5.97 Å². The van der Waals surface area contributed by atoms with Gasteiger partial charge in [0, 0.05) is 10.4 Å². The van der Waals surface area contributed by atoms with Crippen molar-refractivity contribution in [2.75, 3.05) is 13.2 Å². The number of esters is 1. The van der Waals surface area contributed by atoms with Gasteiger partial charge in [-0.15, -0.1) is 11.3 Å². The molecule has 0 N–H and O–H groups in total. The molecule has 0 fully saturated rings. The van der Waals surface area contributed by atoms with Crippen LogP contribution in [0.3, 0.4) is 0 Å². The van der Waals surface area contributed by atoms with Crippen LogP contribution < -0.4 is 4.74 Å². The lowest BCUT2D eigenvalue weighted by atomic mass is 10.1. The zero-order valence-electron chi connectivity index (χ0n) is 15.4. The third-order valence-electron chi connectivity index (χ3n) is 4.23. The van der Waals surface area contributed by atoms with Gasteiger partial charge in [0.2, 0.25) is 0 Å². The van der Waals surface area contributed by atoms with E-state index in [-0.39, 0.29) is 13.2 Å². The molecular weight excluding hydrogens is 465 g/mol. The number of nitrogens with zero attached hydrogens (tertiary/aromatic N) is 1. The number of halogens is 3. The molecule has 0 amide bonds. The first-order valence-electron chi connectivity index (χ1n) is 8.92. The minimum absolute atomic E-state index is 0.0641. The molecule has 4 aromatic rings. The van der Waals surface area contributed by atoms with Gasteiger partial charge in [-0.1, -0.05) is 53.0 Å². The Hall–Kier alpha value is -2.31. The van der Waals surface area contributed by atoms with E-state index in [0.717, 1.165) is 10.3 Å². The van der Waals surface area contributed by atoms with E-state index in [1.54, 1.807) is 30.3 Å². The average Bonchev–Trinajstić information content (AvgIpc) is 3.18. The molecule has 0 radical (unpaired) electrons. The highest BCUT2D eigenvalue weighted by atomic mass is 35.5. The number of thiophene rings is 1. The van der Waals surface area contributed by atoms with E-state index in [9.17, 15) is 4.79 Å². The maximum absolute atomic E-state index is 12.8. The average molecular weight is 479 g/mol. The Morgan fingerprint density at radius 3 is 2.57 bits per heavy atom. The highest BCUT2D eigenvalue weighted by Crippen LogP contribution is 2.32. The van der Waals surface area contributed by atoms with Gasteiger partial charge in [-0.3, -0.25) is 0 Å². The van der Waals surface area contributed by atoms with Crippen LogP contribution in [0.2, 0.25) is 14.4 Å². The lowest BCUT2D eigenvalue weighted by molar-refractivity contribution is 0.0453. The molecule has 0 aliphatic heterocycles. The molecule has 2 heterocycles. The molecule has 0 spiro atoms. The third kappa shape index (κ3) is 4.71. The van der Waals surface area contributed by atoms with Crippen LogP contribution in [0, 0.1) is 0 Å². The Bertz CT molecular complexity index is 1230. The van der Waals surface area contributed by atoms with Crippen LogP contribution in [0.15, 0.2) is 60.7 Å². The van der Waals surface area contributed by atoms with Crippen LogP contribution >= 0.6 is 46.1 Å². The third-order valence-corrected chi connectivity index (χ3v) is 6.01. The molecule has 0 aliphatic rings. The van der Waals surface area contributed by atoms with Gasteiger partial charge < -0.3 is 9.47 Å². The zero-order chi connectivity index (χ0) is 21.1. The van der Waals surface area contributed by atoms with Gasteiger partial charge in [0.25, 0.3) is 0 Å². The minimum Gasteiger partial charge on any atom is -0.488 e. The lowest BCUT2D eigenvalue weighted by Crippen LogP contribution is -2.13. The molecule has 8 heteroatoms. The van der Waals surface area contributed by atoms with Gasteiger partial charge >= 0.3 is 5.97 Å². The number of hydrogen-bond acceptors (Lipinski definition) is 5. The topological polar surface area (TPSA) is 48.4 Å². The first kappa shape index (κ1) is 20.9. The fourth-order valence-corrected chi connectivity index (χ4v) is 4.35. The van der Waals surface area contributed by atoms with E-state index in [1.165, 1.54) is 11.3 Å². The monoisotopic (exact) mass is 477 g/mol. The summed E-state index contributed by atoms with van der Waals surface area (Å²) in [5, 5.41) is 1.63. The van der Waals surface area contributed by atoms with Crippen molar-refractivity contribution >= 4 is 63.0 Å². The number of benzene rings is 2. The first-order valence-corrected chi connectivity index (χ1v) is 10.9. The largest absolute Gasteiger partial charge is 0.488 e. The van der Waals surface area contributed by atoms with Crippen molar-refractivity contribution in [3.8, 4) is 16.3 Å². The Kier molecular flexibility index (Phi) is 6.44. The second kappa shape index (κ2) is 9.23. The molecule has 2 aromatic heterocycles. The van der Waals surface area contributed by atoms with Crippen LogP contribution in [-0.4, -0.2) is 24.2 Å². The second-order valence-electron chi connectivity index (χ2n) is 6.24. The molecule has 0 unspecified atom stereocenters. The number of para-hydroxylation sites is 1. The Labute approximate surface area is 191 Å². The quantitative estimate of drug-likeness (QED) is 0.218. The fourth-order valence-electron chi connectivity index (χ4n) is 2.88. The van der Waals surface area contributed by atoms with E-state index in [0.29, 0.717) is 36.9 Å². The molecule has 2 aromatic carbocycles. The summed E-state index contributed by atoms with van der Waals surface area (Å²) in [6.45, 7) is 0.220. The maximum atomic E-state index is 12.8. The molecule has 0 aliphatic carbocycles. The lowest BCUT2D eigenvalue weighted by Gasteiger charge is -2.11. The number of rotatable bonds is 6. The van der Waals surface area contributed by atoms with Crippen molar-refractivity contribution in [1.29, 1.82) is 0 Å². The molecule has 0 saturated heterocycles. The van der Waals surface area contributed by atoms with Gasteiger partial charge in [0.15, 0.2) is 0 Å². The smallest absolute Gasteiger partial charge is 0.339 e. The van der Waals surface area contributed by atoms with E-state index in [2.05, 4.69) is 4.98 Å². The summed E-state index contributed by atoms with van der Waals surface area (Å²) in [5.74, 6) is 0.0200. The first-order chi connectivity index (χ1) is 14.5. The SMILES string of the molecule is O=C(OCCOc1ccc(Cl)cc1Cl)c1cc(-c2ccc(Cl)s2)nc2ccccc12. The van der Waals surface area contributed by atoms with Crippen molar-refractivity contribution in [2.24, 2.45) is 0 Å². The van der Waals surface area contributed by atoms with Crippen LogP contribution in [0.5, 0.6) is 5.75 Å². The van der Waals surface area contributed by atoms with Crippen molar-refractivity contribution < 1.29 is 14.3 Å². The molecule has 30 heavy (non-hydrogen) atoms. The summed E-state index contributed by atoms with van der Waals surface area (Å²) >= 11 is 19.4. The molecule has 4 nitrogen and oxygen atoms in total. The Balaban J connectivity index is 1.51. The predicted molar refractivity (Wildman–Crippen MR) is 122 cm³/mol. The number of fused-ring (bicyclic) bond motifs is 1. The highest BCUT2D eigenvalue weighted by Gasteiger charge is 2.16. The number of carbonyl (C=O) groups is 1.